The Bertz CT molecular complexity index is 688. The van der Waals surface area contributed by atoms with Crippen molar-refractivity contribution in [2.75, 3.05) is 19.0 Å². The van der Waals surface area contributed by atoms with Crippen molar-refractivity contribution in [3.63, 3.8) is 0 Å². The van der Waals surface area contributed by atoms with Crippen molar-refractivity contribution >= 4 is 29.5 Å². The molecule has 0 aliphatic heterocycles. The molecule has 6 heteroatoms. The van der Waals surface area contributed by atoms with Crippen LogP contribution in [-0.4, -0.2) is 25.9 Å². The molecule has 5 nitrogen and oxygen atoms in total. The number of hydrogen-bond acceptors (Lipinski definition) is 4. The Labute approximate surface area is 132 Å². The van der Waals surface area contributed by atoms with Crippen LogP contribution in [-0.2, 0) is 4.79 Å². The van der Waals surface area contributed by atoms with Gasteiger partial charge in [-0.15, -0.1) is 0 Å². The Hall–Kier alpha value is -2.53. The quantitative estimate of drug-likeness (QED) is 0.831. The van der Waals surface area contributed by atoms with Crippen LogP contribution in [0.25, 0.3) is 0 Å². The van der Waals surface area contributed by atoms with Gasteiger partial charge in [0.15, 0.2) is 18.1 Å². The molecule has 114 valence electrons. The van der Waals surface area contributed by atoms with Crippen LogP contribution in [0.5, 0.6) is 11.5 Å². The summed E-state index contributed by atoms with van der Waals surface area (Å²) in [4.78, 5) is 22.7. The number of para-hydroxylation sites is 1. The highest BCUT2D eigenvalue weighted by atomic mass is 35.5. The maximum Gasteiger partial charge on any atom is 0.262 e. The topological polar surface area (TPSA) is 64.6 Å². The summed E-state index contributed by atoms with van der Waals surface area (Å²) < 4.78 is 10.5. The van der Waals surface area contributed by atoms with Crippen LogP contribution in [0.1, 0.15) is 10.4 Å². The molecule has 22 heavy (non-hydrogen) atoms. The molecule has 0 spiro atoms. The highest BCUT2D eigenvalue weighted by molar-refractivity contribution is 6.33. The summed E-state index contributed by atoms with van der Waals surface area (Å²) in [6, 6.07) is 11.6. The number of ether oxygens (including phenoxy) is 2. The molecule has 2 aromatic carbocycles. The predicted octanol–water partition coefficient (Wildman–Crippen LogP) is 3.18. The van der Waals surface area contributed by atoms with Crippen molar-refractivity contribution in [1.82, 2.24) is 0 Å². The summed E-state index contributed by atoms with van der Waals surface area (Å²) in [5.74, 6) is 0.393. The molecule has 0 heterocycles. The minimum atomic E-state index is -0.369. The van der Waals surface area contributed by atoms with Crippen LogP contribution in [0.15, 0.2) is 42.5 Å². The minimum absolute atomic E-state index is 0.232. The number of aldehydes is 1. The zero-order valence-electron chi connectivity index (χ0n) is 11.8. The van der Waals surface area contributed by atoms with Crippen LogP contribution >= 0.6 is 11.6 Å². The number of methoxy groups -OCH3 is 1. The van der Waals surface area contributed by atoms with Gasteiger partial charge in [0.25, 0.3) is 5.91 Å². The van der Waals surface area contributed by atoms with E-state index in [0.717, 1.165) is 0 Å². The second-order valence-electron chi connectivity index (χ2n) is 4.34. The second-order valence-corrected chi connectivity index (χ2v) is 4.75. The van der Waals surface area contributed by atoms with Gasteiger partial charge in [-0.05, 0) is 30.3 Å². The summed E-state index contributed by atoms with van der Waals surface area (Å²) in [5.41, 5.74) is 0.939. The molecule has 2 aromatic rings. The number of halogens is 1. The third-order valence-electron chi connectivity index (χ3n) is 2.83. The number of nitrogens with one attached hydrogen (secondary N) is 1. The lowest BCUT2D eigenvalue weighted by Gasteiger charge is -2.11. The Morgan fingerprint density at radius 3 is 2.68 bits per heavy atom. The molecule has 1 N–H and O–H groups in total. The van der Waals surface area contributed by atoms with Gasteiger partial charge in [0.05, 0.1) is 17.8 Å². The third kappa shape index (κ3) is 3.99. The molecule has 0 bridgehead atoms. The van der Waals surface area contributed by atoms with Gasteiger partial charge in [0.1, 0.15) is 6.29 Å². The molecular formula is C16H14ClNO4. The Balaban J connectivity index is 2.02. The zero-order chi connectivity index (χ0) is 15.9. The molecule has 2 rings (SSSR count). The first kappa shape index (κ1) is 15.9. The predicted molar refractivity (Wildman–Crippen MR) is 84.0 cm³/mol. The van der Waals surface area contributed by atoms with Crippen LogP contribution in [0, 0.1) is 0 Å². The first-order valence-electron chi connectivity index (χ1n) is 6.44. The third-order valence-corrected chi connectivity index (χ3v) is 3.16. The van der Waals surface area contributed by atoms with E-state index in [0.29, 0.717) is 34.1 Å². The monoisotopic (exact) mass is 319 g/mol. The number of rotatable bonds is 6. The fraction of sp³-hybridized carbons (Fsp3) is 0.125. The largest absolute Gasteiger partial charge is 0.493 e. The Kier molecular flexibility index (Phi) is 5.38. The standard InChI is InChI=1S/C16H14ClNO4/c1-21-14-7-6-11(9-19)8-15(14)22-10-16(20)18-13-5-3-2-4-12(13)17/h2-9H,10H2,1H3,(H,18,20). The maximum atomic E-state index is 11.9. The first-order valence-corrected chi connectivity index (χ1v) is 6.82. The summed E-state index contributed by atoms with van der Waals surface area (Å²) in [6.07, 6.45) is 0.691. The van der Waals surface area contributed by atoms with Crippen LogP contribution in [0.3, 0.4) is 0 Å². The van der Waals surface area contributed by atoms with E-state index >= 15 is 0 Å². The van der Waals surface area contributed by atoms with Gasteiger partial charge in [-0.2, -0.15) is 0 Å². The van der Waals surface area contributed by atoms with Crippen LogP contribution < -0.4 is 14.8 Å². The fourth-order valence-corrected chi connectivity index (χ4v) is 1.95. The fourth-order valence-electron chi connectivity index (χ4n) is 1.77. The van der Waals surface area contributed by atoms with Crippen molar-refractivity contribution in [2.24, 2.45) is 0 Å². The minimum Gasteiger partial charge on any atom is -0.493 e. The van der Waals surface area contributed by atoms with E-state index in [1.54, 1.807) is 36.4 Å². The highest BCUT2D eigenvalue weighted by Crippen LogP contribution is 2.27. The van der Waals surface area contributed by atoms with Gasteiger partial charge in [-0.25, -0.2) is 0 Å². The lowest BCUT2D eigenvalue weighted by molar-refractivity contribution is -0.118. The smallest absolute Gasteiger partial charge is 0.262 e. The highest BCUT2D eigenvalue weighted by Gasteiger charge is 2.10. The Morgan fingerprint density at radius 2 is 2.00 bits per heavy atom. The van der Waals surface area contributed by atoms with E-state index in [1.807, 2.05) is 0 Å². The summed E-state index contributed by atoms with van der Waals surface area (Å²) in [5, 5.41) is 3.08. The number of anilines is 1. The maximum absolute atomic E-state index is 11.9. The molecule has 0 aromatic heterocycles. The zero-order valence-corrected chi connectivity index (χ0v) is 12.6. The second kappa shape index (κ2) is 7.47. The van der Waals surface area contributed by atoms with Crippen molar-refractivity contribution in [1.29, 1.82) is 0 Å². The lowest BCUT2D eigenvalue weighted by atomic mass is 10.2. The SMILES string of the molecule is COc1ccc(C=O)cc1OCC(=O)Nc1ccccc1Cl. The average molecular weight is 320 g/mol. The molecule has 1 amide bonds. The Morgan fingerprint density at radius 1 is 1.23 bits per heavy atom. The summed E-state index contributed by atoms with van der Waals surface area (Å²) in [7, 11) is 1.48. The van der Waals surface area contributed by atoms with Gasteiger partial charge in [-0.1, -0.05) is 23.7 Å². The molecule has 0 saturated heterocycles. The number of benzene rings is 2. The van der Waals surface area contributed by atoms with E-state index in [-0.39, 0.29) is 12.5 Å². The molecule has 0 radical (unpaired) electrons. The summed E-state index contributed by atoms with van der Waals surface area (Å²) >= 11 is 5.96. The normalized spacial score (nSPS) is 9.91. The van der Waals surface area contributed by atoms with E-state index in [9.17, 15) is 9.59 Å². The van der Waals surface area contributed by atoms with Crippen molar-refractivity contribution < 1.29 is 19.1 Å². The van der Waals surface area contributed by atoms with Crippen LogP contribution in [0.4, 0.5) is 5.69 Å². The van der Waals surface area contributed by atoms with Crippen molar-refractivity contribution in [3.8, 4) is 11.5 Å². The molecule has 0 saturated carbocycles. The van der Waals surface area contributed by atoms with Gasteiger partial charge in [-0.3, -0.25) is 9.59 Å². The van der Waals surface area contributed by atoms with E-state index < -0.39 is 0 Å². The van der Waals surface area contributed by atoms with Gasteiger partial charge >= 0.3 is 0 Å². The number of carbonyl (C=O) groups is 2. The average Bonchev–Trinajstić information content (AvgIpc) is 2.54. The van der Waals surface area contributed by atoms with Crippen molar-refractivity contribution in [2.45, 2.75) is 0 Å². The van der Waals surface area contributed by atoms with E-state index in [1.165, 1.54) is 13.2 Å². The number of hydrogen-bond donors (Lipinski definition) is 1. The number of amides is 1. The van der Waals surface area contributed by atoms with Crippen molar-refractivity contribution in [3.05, 3.63) is 53.1 Å². The van der Waals surface area contributed by atoms with Gasteiger partial charge in [0.2, 0.25) is 0 Å². The summed E-state index contributed by atoms with van der Waals surface area (Å²) in [6.45, 7) is -0.232. The van der Waals surface area contributed by atoms with Crippen LogP contribution in [0.2, 0.25) is 5.02 Å². The number of carbonyl (C=O) groups excluding carboxylic acids is 2. The molecule has 0 atom stereocenters. The van der Waals surface area contributed by atoms with E-state index in [4.69, 9.17) is 21.1 Å². The lowest BCUT2D eigenvalue weighted by Crippen LogP contribution is -2.20. The molecule has 0 fully saturated rings. The van der Waals surface area contributed by atoms with Gasteiger partial charge in [0, 0.05) is 5.56 Å². The first-order chi connectivity index (χ1) is 10.6. The van der Waals surface area contributed by atoms with Gasteiger partial charge < -0.3 is 14.8 Å². The molecule has 0 aliphatic carbocycles. The molecule has 0 unspecified atom stereocenters. The molecular weight excluding hydrogens is 306 g/mol. The molecule has 0 aliphatic rings. The van der Waals surface area contributed by atoms with E-state index in [2.05, 4.69) is 5.32 Å².